The van der Waals surface area contributed by atoms with Gasteiger partial charge in [0.1, 0.15) is 5.71 Å². The van der Waals surface area contributed by atoms with Crippen molar-refractivity contribution in [2.24, 2.45) is 5.10 Å². The Morgan fingerprint density at radius 1 is 1.26 bits per heavy atom. The fourth-order valence-corrected chi connectivity index (χ4v) is 3.29. The van der Waals surface area contributed by atoms with Gasteiger partial charge in [0.25, 0.3) is 5.91 Å². The van der Waals surface area contributed by atoms with Crippen molar-refractivity contribution >= 4 is 27.5 Å². The van der Waals surface area contributed by atoms with E-state index in [0.717, 1.165) is 12.0 Å². The second kappa shape index (κ2) is 7.09. The van der Waals surface area contributed by atoms with Gasteiger partial charge in [0.05, 0.1) is 6.42 Å². The molecule has 4 nitrogen and oxygen atoms in total. The molecule has 0 bridgehead atoms. The average molecular weight is 441 g/mol. The monoisotopic (exact) mass is 440 g/mol. The molecule has 0 saturated heterocycles. The first kappa shape index (κ1) is 19.6. The number of rotatable bonds is 3. The summed E-state index contributed by atoms with van der Waals surface area (Å²) in [5, 5.41) is 15.1. The van der Waals surface area contributed by atoms with Crippen LogP contribution < -0.4 is 0 Å². The number of hydrazone groups is 1. The van der Waals surface area contributed by atoms with Crippen LogP contribution in [0.25, 0.3) is 0 Å². The maximum atomic E-state index is 13.3. The van der Waals surface area contributed by atoms with E-state index in [-0.39, 0.29) is 11.1 Å². The van der Waals surface area contributed by atoms with Gasteiger partial charge in [-0.25, -0.2) is 0 Å². The number of carbonyl (C=O) groups excluding carboxylic acids is 1. The maximum Gasteiger partial charge on any atom is 0.431 e. The number of amides is 1. The molecule has 27 heavy (non-hydrogen) atoms. The Morgan fingerprint density at radius 2 is 1.93 bits per heavy atom. The number of nitrogens with zero attached hydrogens (tertiary/aromatic N) is 2. The Balaban J connectivity index is 2.06. The second-order valence-corrected chi connectivity index (χ2v) is 7.13. The Hall–Kier alpha value is -2.19. The summed E-state index contributed by atoms with van der Waals surface area (Å²) in [6.07, 6.45) is -4.84. The van der Waals surface area contributed by atoms with Gasteiger partial charge in [0.2, 0.25) is 0 Å². The third-order valence-corrected chi connectivity index (χ3v) is 4.89. The summed E-state index contributed by atoms with van der Waals surface area (Å²) in [7, 11) is 0. The molecular weight excluding hydrogens is 425 g/mol. The highest BCUT2D eigenvalue weighted by Crippen LogP contribution is 2.40. The van der Waals surface area contributed by atoms with E-state index in [0.29, 0.717) is 9.48 Å². The molecule has 8 heteroatoms. The van der Waals surface area contributed by atoms with E-state index in [1.165, 1.54) is 24.3 Å². The molecule has 0 radical (unpaired) electrons. The van der Waals surface area contributed by atoms with Crippen LogP contribution in [0.5, 0.6) is 0 Å². The fraction of sp³-hybridized carbons (Fsp3) is 0.263. The zero-order chi connectivity index (χ0) is 19.8. The third-order valence-electron chi connectivity index (χ3n) is 4.40. The maximum absolute atomic E-state index is 13.3. The predicted molar refractivity (Wildman–Crippen MR) is 98.1 cm³/mol. The van der Waals surface area contributed by atoms with E-state index < -0.39 is 29.9 Å². The van der Waals surface area contributed by atoms with E-state index in [9.17, 15) is 23.1 Å². The van der Waals surface area contributed by atoms with E-state index in [4.69, 9.17) is 0 Å². The topological polar surface area (TPSA) is 52.9 Å². The SMILES string of the molecule is CCc1ccc([C@@]2(O)CC(C(F)(F)F)=NN2C(=O)c2cccc(Br)c2)cc1. The summed E-state index contributed by atoms with van der Waals surface area (Å²) in [5.41, 5.74) is -2.17. The van der Waals surface area contributed by atoms with Crippen molar-refractivity contribution in [1.29, 1.82) is 0 Å². The Kier molecular flexibility index (Phi) is 5.14. The zero-order valence-electron chi connectivity index (χ0n) is 14.3. The Morgan fingerprint density at radius 3 is 2.48 bits per heavy atom. The number of hydrogen-bond acceptors (Lipinski definition) is 3. The molecular formula is C19H16BrF3N2O2. The first-order valence-corrected chi connectivity index (χ1v) is 9.01. The molecule has 0 aliphatic carbocycles. The molecule has 1 amide bonds. The van der Waals surface area contributed by atoms with E-state index in [2.05, 4.69) is 21.0 Å². The molecule has 1 heterocycles. The van der Waals surface area contributed by atoms with Crippen LogP contribution in [0.2, 0.25) is 0 Å². The molecule has 1 aliphatic heterocycles. The summed E-state index contributed by atoms with van der Waals surface area (Å²) in [6.45, 7) is 1.94. The van der Waals surface area contributed by atoms with Gasteiger partial charge in [0.15, 0.2) is 5.72 Å². The van der Waals surface area contributed by atoms with Crippen molar-refractivity contribution < 1.29 is 23.1 Å². The van der Waals surface area contributed by atoms with Gasteiger partial charge in [-0.1, -0.05) is 53.2 Å². The molecule has 2 aromatic rings. The molecule has 142 valence electrons. The number of aryl methyl sites for hydroxylation is 1. The van der Waals surface area contributed by atoms with Gasteiger partial charge < -0.3 is 5.11 Å². The molecule has 1 atom stereocenters. The van der Waals surface area contributed by atoms with E-state index in [1.54, 1.807) is 24.3 Å². The molecule has 1 aliphatic rings. The Labute approximate surface area is 162 Å². The van der Waals surface area contributed by atoms with Gasteiger partial charge in [0, 0.05) is 15.6 Å². The molecule has 0 spiro atoms. The standard InChI is InChI=1S/C19H16BrF3N2O2/c1-2-12-6-8-14(9-7-12)18(27)11-16(19(21,22)23)24-25(18)17(26)13-4-3-5-15(20)10-13/h3-10,27H,2,11H2,1H3/t18-/m0/s1. The van der Waals surface area contributed by atoms with Crippen LogP contribution in [0.3, 0.4) is 0 Å². The van der Waals surface area contributed by atoms with Crippen molar-refractivity contribution in [3.63, 3.8) is 0 Å². The molecule has 3 rings (SSSR count). The molecule has 0 saturated carbocycles. The number of alkyl halides is 3. The van der Waals surface area contributed by atoms with E-state index in [1.807, 2.05) is 6.92 Å². The summed E-state index contributed by atoms with van der Waals surface area (Å²) in [5.74, 6) is -0.822. The quantitative estimate of drug-likeness (QED) is 0.756. The van der Waals surface area contributed by atoms with Crippen LogP contribution in [0.4, 0.5) is 13.2 Å². The minimum atomic E-state index is -4.75. The first-order chi connectivity index (χ1) is 12.6. The summed E-state index contributed by atoms with van der Waals surface area (Å²) in [6, 6.07) is 12.6. The number of carbonyl (C=O) groups is 1. The lowest BCUT2D eigenvalue weighted by Gasteiger charge is -2.31. The van der Waals surface area contributed by atoms with Crippen molar-refractivity contribution in [2.75, 3.05) is 0 Å². The summed E-state index contributed by atoms with van der Waals surface area (Å²) < 4.78 is 40.3. The van der Waals surface area contributed by atoms with Crippen molar-refractivity contribution in [3.8, 4) is 0 Å². The van der Waals surface area contributed by atoms with Gasteiger partial charge >= 0.3 is 6.18 Å². The lowest BCUT2D eigenvalue weighted by Crippen LogP contribution is -2.43. The highest BCUT2D eigenvalue weighted by atomic mass is 79.9. The largest absolute Gasteiger partial charge is 0.431 e. The number of benzene rings is 2. The normalized spacial score (nSPS) is 19.9. The number of aliphatic hydroxyl groups is 1. The summed E-state index contributed by atoms with van der Waals surface area (Å²) >= 11 is 3.22. The highest BCUT2D eigenvalue weighted by molar-refractivity contribution is 9.10. The van der Waals surface area contributed by atoms with Gasteiger partial charge in [-0.15, -0.1) is 0 Å². The minimum absolute atomic E-state index is 0.111. The van der Waals surface area contributed by atoms with Gasteiger partial charge in [-0.2, -0.15) is 23.3 Å². The molecule has 2 aromatic carbocycles. The van der Waals surface area contributed by atoms with Gasteiger partial charge in [-0.05, 0) is 30.2 Å². The average Bonchev–Trinajstić information content (AvgIpc) is 3.00. The predicted octanol–water partition coefficient (Wildman–Crippen LogP) is 4.62. The van der Waals surface area contributed by atoms with Crippen LogP contribution in [-0.4, -0.2) is 27.9 Å². The molecule has 1 N–H and O–H groups in total. The fourth-order valence-electron chi connectivity index (χ4n) is 2.89. The van der Waals surface area contributed by atoms with Crippen LogP contribution in [0.15, 0.2) is 58.1 Å². The summed E-state index contributed by atoms with van der Waals surface area (Å²) in [4.78, 5) is 12.9. The zero-order valence-corrected chi connectivity index (χ0v) is 15.9. The number of halogens is 4. The van der Waals surface area contributed by atoms with Crippen LogP contribution in [0, 0.1) is 0 Å². The Bertz CT molecular complexity index is 897. The third kappa shape index (κ3) is 3.77. The van der Waals surface area contributed by atoms with Crippen LogP contribution in [-0.2, 0) is 12.1 Å². The van der Waals surface area contributed by atoms with E-state index >= 15 is 0 Å². The van der Waals surface area contributed by atoms with Crippen LogP contribution in [0.1, 0.15) is 34.8 Å². The first-order valence-electron chi connectivity index (χ1n) is 8.21. The molecule has 0 fully saturated rings. The lowest BCUT2D eigenvalue weighted by molar-refractivity contribution is -0.0816. The van der Waals surface area contributed by atoms with Crippen molar-refractivity contribution in [3.05, 3.63) is 69.7 Å². The highest BCUT2D eigenvalue weighted by Gasteiger charge is 2.53. The molecule has 0 aromatic heterocycles. The van der Waals surface area contributed by atoms with Crippen molar-refractivity contribution in [2.45, 2.75) is 31.7 Å². The van der Waals surface area contributed by atoms with Gasteiger partial charge in [-0.3, -0.25) is 4.79 Å². The molecule has 0 unspecified atom stereocenters. The van der Waals surface area contributed by atoms with Crippen LogP contribution >= 0.6 is 15.9 Å². The minimum Gasteiger partial charge on any atom is -0.365 e. The lowest BCUT2D eigenvalue weighted by atomic mass is 9.95. The van der Waals surface area contributed by atoms with Crippen molar-refractivity contribution in [1.82, 2.24) is 5.01 Å². The second-order valence-electron chi connectivity index (χ2n) is 6.22. The smallest absolute Gasteiger partial charge is 0.365 e. The number of hydrogen-bond donors (Lipinski definition) is 1.